The maximum Gasteiger partial charge on any atom is 0.111 e. The summed E-state index contributed by atoms with van der Waals surface area (Å²) in [7, 11) is 4.44. The van der Waals surface area contributed by atoms with E-state index in [0.29, 0.717) is 0 Å². The smallest absolute Gasteiger partial charge is 0.111 e. The molecule has 4 heteroatoms. The lowest BCUT2D eigenvalue weighted by Gasteiger charge is -2.36. The zero-order chi connectivity index (χ0) is 24.8. The number of carbonyl (C=O) groups excluding carboxylic acids is 1. The van der Waals surface area contributed by atoms with Crippen LogP contribution in [0.3, 0.4) is 0 Å². The SMILES string of the molecule is CCCCCCCCCCCCCCCCC(C)(O)C[N+](C)(C)CCCCCCCC(=O)[O-]. The van der Waals surface area contributed by atoms with Crippen LogP contribution in [-0.4, -0.2) is 48.3 Å². The first-order valence-corrected chi connectivity index (χ1v) is 14.4. The minimum absolute atomic E-state index is 0.184. The average molecular weight is 470 g/mol. The van der Waals surface area contributed by atoms with Crippen LogP contribution in [0.1, 0.15) is 149 Å². The molecule has 0 aliphatic heterocycles. The van der Waals surface area contributed by atoms with Gasteiger partial charge in [-0.15, -0.1) is 0 Å². The molecular formula is C29H59NO3. The molecule has 1 N–H and O–H groups in total. The molecular weight excluding hydrogens is 410 g/mol. The summed E-state index contributed by atoms with van der Waals surface area (Å²) in [5.74, 6) is -0.936. The van der Waals surface area contributed by atoms with Crippen molar-refractivity contribution in [1.82, 2.24) is 0 Å². The quantitative estimate of drug-likeness (QED) is 0.118. The molecule has 0 aliphatic carbocycles. The first kappa shape index (κ1) is 32.4. The van der Waals surface area contributed by atoms with E-state index in [1.165, 1.54) is 83.5 Å². The second kappa shape index (κ2) is 20.7. The second-order valence-corrected chi connectivity index (χ2v) is 11.6. The molecule has 0 aromatic rings. The van der Waals surface area contributed by atoms with Gasteiger partial charge in [-0.05, 0) is 39.0 Å². The molecule has 0 aliphatic rings. The van der Waals surface area contributed by atoms with E-state index in [1.54, 1.807) is 0 Å². The summed E-state index contributed by atoms with van der Waals surface area (Å²) in [5, 5.41) is 21.3. The van der Waals surface area contributed by atoms with Crippen LogP contribution in [0.4, 0.5) is 0 Å². The van der Waals surface area contributed by atoms with Crippen molar-refractivity contribution in [1.29, 1.82) is 0 Å². The summed E-state index contributed by atoms with van der Waals surface area (Å²) in [4.78, 5) is 10.4. The van der Waals surface area contributed by atoms with Crippen LogP contribution in [0, 0.1) is 0 Å². The van der Waals surface area contributed by atoms with Crippen molar-refractivity contribution < 1.29 is 19.5 Å². The maximum atomic E-state index is 10.9. The van der Waals surface area contributed by atoms with Gasteiger partial charge in [0.15, 0.2) is 0 Å². The lowest BCUT2D eigenvalue weighted by atomic mass is 9.96. The lowest BCUT2D eigenvalue weighted by Crippen LogP contribution is -2.50. The van der Waals surface area contributed by atoms with Crippen molar-refractivity contribution in [2.75, 3.05) is 27.2 Å². The Morgan fingerprint density at radius 1 is 0.697 bits per heavy atom. The molecule has 0 fully saturated rings. The molecule has 0 rings (SSSR count). The number of aliphatic hydroxyl groups is 1. The Kier molecular flexibility index (Phi) is 20.4. The van der Waals surface area contributed by atoms with E-state index in [1.807, 2.05) is 6.92 Å². The number of carboxylic acids is 1. The van der Waals surface area contributed by atoms with E-state index in [9.17, 15) is 15.0 Å². The van der Waals surface area contributed by atoms with Crippen molar-refractivity contribution >= 4 is 5.97 Å². The van der Waals surface area contributed by atoms with E-state index < -0.39 is 11.6 Å². The van der Waals surface area contributed by atoms with E-state index in [0.717, 1.165) is 62.5 Å². The van der Waals surface area contributed by atoms with Crippen LogP contribution >= 0.6 is 0 Å². The average Bonchev–Trinajstić information content (AvgIpc) is 2.72. The van der Waals surface area contributed by atoms with Crippen LogP contribution in [0.5, 0.6) is 0 Å². The number of hydrogen-bond donors (Lipinski definition) is 1. The van der Waals surface area contributed by atoms with Gasteiger partial charge in [0, 0.05) is 5.97 Å². The molecule has 0 heterocycles. The molecule has 1 atom stereocenters. The minimum atomic E-state index is -0.936. The summed E-state index contributed by atoms with van der Waals surface area (Å²) in [6, 6.07) is 0. The zero-order valence-corrected chi connectivity index (χ0v) is 23.0. The highest BCUT2D eigenvalue weighted by atomic mass is 16.4. The predicted molar refractivity (Wildman–Crippen MR) is 140 cm³/mol. The lowest BCUT2D eigenvalue weighted by molar-refractivity contribution is -0.896. The van der Waals surface area contributed by atoms with Crippen molar-refractivity contribution in [2.24, 2.45) is 0 Å². The number of aliphatic carboxylic acids is 1. The topological polar surface area (TPSA) is 60.4 Å². The third-order valence-corrected chi connectivity index (χ3v) is 6.98. The highest BCUT2D eigenvalue weighted by Gasteiger charge is 2.29. The highest BCUT2D eigenvalue weighted by Crippen LogP contribution is 2.20. The van der Waals surface area contributed by atoms with Gasteiger partial charge in [0.2, 0.25) is 0 Å². The zero-order valence-electron chi connectivity index (χ0n) is 23.0. The van der Waals surface area contributed by atoms with E-state index in [-0.39, 0.29) is 6.42 Å². The van der Waals surface area contributed by atoms with Crippen LogP contribution in [0.15, 0.2) is 0 Å². The number of rotatable bonds is 25. The Bertz CT molecular complexity index is 448. The van der Waals surface area contributed by atoms with Crippen molar-refractivity contribution in [3.05, 3.63) is 0 Å². The Morgan fingerprint density at radius 3 is 1.55 bits per heavy atom. The molecule has 0 bridgehead atoms. The molecule has 0 saturated carbocycles. The number of likely N-dealkylation sites (N-methyl/N-ethyl adjacent to an activating group) is 1. The normalized spacial score (nSPS) is 13.8. The first-order valence-electron chi connectivity index (χ1n) is 14.4. The summed E-state index contributed by atoms with van der Waals surface area (Å²) >= 11 is 0. The van der Waals surface area contributed by atoms with E-state index >= 15 is 0 Å². The molecule has 33 heavy (non-hydrogen) atoms. The fourth-order valence-corrected chi connectivity index (χ4v) is 5.12. The maximum absolute atomic E-state index is 10.9. The van der Waals surface area contributed by atoms with Gasteiger partial charge in [0.25, 0.3) is 0 Å². The predicted octanol–water partition coefficient (Wildman–Crippen LogP) is 6.78. The third-order valence-electron chi connectivity index (χ3n) is 6.98. The van der Waals surface area contributed by atoms with Crippen LogP contribution < -0.4 is 5.11 Å². The van der Waals surface area contributed by atoms with E-state index in [4.69, 9.17) is 0 Å². The summed E-state index contributed by atoms with van der Waals surface area (Å²) in [6.45, 7) is 6.16. The molecule has 0 aromatic heterocycles. The fraction of sp³-hybridized carbons (Fsp3) is 0.966. The molecule has 0 aromatic carbocycles. The number of nitrogens with zero attached hydrogens (tertiary/aromatic N) is 1. The number of carbonyl (C=O) groups is 1. The number of quaternary nitrogens is 1. The monoisotopic (exact) mass is 469 g/mol. The Hall–Kier alpha value is -0.610. The van der Waals surface area contributed by atoms with Crippen LogP contribution in [0.2, 0.25) is 0 Å². The summed E-state index contributed by atoms with van der Waals surface area (Å²) in [5.41, 5.74) is -0.588. The standard InChI is InChI=1S/C29H59NO3/c1-5-6-7-8-9-10-11-12-13-14-15-16-19-22-25-29(2,33)27-30(3,4)26-23-20-17-18-21-24-28(31)32/h33H,5-27H2,1-4H3. The van der Waals surface area contributed by atoms with Gasteiger partial charge in [0.1, 0.15) is 12.1 Å². The van der Waals surface area contributed by atoms with E-state index in [2.05, 4.69) is 21.0 Å². The van der Waals surface area contributed by atoms with Crippen LogP contribution in [0.25, 0.3) is 0 Å². The van der Waals surface area contributed by atoms with Crippen molar-refractivity contribution in [3.63, 3.8) is 0 Å². The van der Waals surface area contributed by atoms with Gasteiger partial charge >= 0.3 is 0 Å². The Morgan fingerprint density at radius 2 is 1.09 bits per heavy atom. The molecule has 198 valence electrons. The van der Waals surface area contributed by atoms with Crippen molar-refractivity contribution in [3.8, 4) is 0 Å². The largest absolute Gasteiger partial charge is 0.550 e. The molecule has 0 amide bonds. The Labute approximate surface area is 207 Å². The molecule has 1 unspecified atom stereocenters. The van der Waals surface area contributed by atoms with Gasteiger partial charge in [0.05, 0.1) is 20.6 Å². The second-order valence-electron chi connectivity index (χ2n) is 11.6. The molecule has 0 saturated heterocycles. The van der Waals surface area contributed by atoms with Gasteiger partial charge in [-0.2, -0.15) is 0 Å². The third kappa shape index (κ3) is 24.3. The Balaban J connectivity index is 3.61. The minimum Gasteiger partial charge on any atom is -0.550 e. The first-order chi connectivity index (χ1) is 15.7. The molecule has 0 radical (unpaired) electrons. The van der Waals surface area contributed by atoms with Crippen LogP contribution in [-0.2, 0) is 4.79 Å². The van der Waals surface area contributed by atoms with Gasteiger partial charge in [-0.25, -0.2) is 0 Å². The number of hydrogen-bond acceptors (Lipinski definition) is 3. The van der Waals surface area contributed by atoms with Gasteiger partial charge < -0.3 is 19.5 Å². The van der Waals surface area contributed by atoms with Gasteiger partial charge in [-0.3, -0.25) is 0 Å². The molecule has 0 spiro atoms. The number of carboxylic acid groups (broad SMARTS) is 1. The fourth-order valence-electron chi connectivity index (χ4n) is 5.12. The molecule has 4 nitrogen and oxygen atoms in total. The van der Waals surface area contributed by atoms with Crippen molar-refractivity contribution in [2.45, 2.75) is 154 Å². The summed E-state index contributed by atoms with van der Waals surface area (Å²) in [6.07, 6.45) is 25.2. The summed E-state index contributed by atoms with van der Waals surface area (Å²) < 4.78 is 0.852. The number of unbranched alkanes of at least 4 members (excludes halogenated alkanes) is 17. The highest BCUT2D eigenvalue weighted by molar-refractivity contribution is 5.64. The van der Waals surface area contributed by atoms with Gasteiger partial charge in [-0.1, -0.05) is 110 Å².